The Kier molecular flexibility index (Phi) is 7.72. The van der Waals surface area contributed by atoms with Gasteiger partial charge in [0, 0.05) is 12.7 Å². The molecular formula is C26H31BrFNO5. The van der Waals surface area contributed by atoms with Gasteiger partial charge in [0.1, 0.15) is 5.82 Å². The summed E-state index contributed by atoms with van der Waals surface area (Å²) >= 11 is 3.73. The minimum Gasteiger partial charge on any atom is -0.464 e. The molecule has 2 aromatic carbocycles. The van der Waals surface area contributed by atoms with Gasteiger partial charge in [0.05, 0.1) is 22.3 Å². The summed E-state index contributed by atoms with van der Waals surface area (Å²) in [7, 11) is 1.52. The third kappa shape index (κ3) is 5.13. The van der Waals surface area contributed by atoms with Crippen LogP contribution in [0.15, 0.2) is 28.7 Å². The van der Waals surface area contributed by atoms with E-state index in [0.717, 1.165) is 34.5 Å². The van der Waals surface area contributed by atoms with Gasteiger partial charge in [-0.25, -0.2) is 9.18 Å². The summed E-state index contributed by atoms with van der Waals surface area (Å²) in [4.78, 5) is 24.9. The molecule has 0 heterocycles. The molecule has 0 atom stereocenters. The maximum absolute atomic E-state index is 14.5. The van der Waals surface area contributed by atoms with E-state index < -0.39 is 17.7 Å². The molecule has 0 bridgehead atoms. The maximum atomic E-state index is 14.5. The molecule has 2 aromatic rings. The molecular weight excluding hydrogens is 505 g/mol. The van der Waals surface area contributed by atoms with Crippen molar-refractivity contribution in [3.8, 4) is 5.75 Å². The van der Waals surface area contributed by atoms with Gasteiger partial charge in [-0.2, -0.15) is 0 Å². The number of anilines is 1. The van der Waals surface area contributed by atoms with E-state index in [1.54, 1.807) is 6.92 Å². The van der Waals surface area contributed by atoms with Crippen molar-refractivity contribution in [2.24, 2.45) is 0 Å². The first kappa shape index (κ1) is 26.2. The Balaban J connectivity index is 2.04. The highest BCUT2D eigenvalue weighted by Gasteiger charge is 2.40. The normalized spacial score (nSPS) is 15.9. The van der Waals surface area contributed by atoms with Crippen molar-refractivity contribution in [2.75, 3.05) is 25.8 Å². The van der Waals surface area contributed by atoms with Gasteiger partial charge in [-0.1, -0.05) is 27.7 Å². The minimum absolute atomic E-state index is 0.00700. The zero-order valence-electron chi connectivity index (χ0n) is 20.4. The molecule has 0 saturated carbocycles. The molecule has 3 rings (SSSR count). The zero-order chi connectivity index (χ0) is 25.3. The number of esters is 1. The van der Waals surface area contributed by atoms with Crippen molar-refractivity contribution >= 4 is 33.5 Å². The summed E-state index contributed by atoms with van der Waals surface area (Å²) in [6.07, 6.45) is 2.00. The molecule has 1 amide bonds. The van der Waals surface area contributed by atoms with Crippen LogP contribution >= 0.6 is 15.9 Å². The molecule has 34 heavy (non-hydrogen) atoms. The van der Waals surface area contributed by atoms with Crippen LogP contribution in [0.2, 0.25) is 0 Å². The second kappa shape index (κ2) is 10.0. The summed E-state index contributed by atoms with van der Waals surface area (Å²) in [6, 6.07) is 5.60. The fourth-order valence-corrected chi connectivity index (χ4v) is 5.37. The lowest BCUT2D eigenvalue weighted by Gasteiger charge is -2.43. The smallest absolute Gasteiger partial charge is 0.341 e. The summed E-state index contributed by atoms with van der Waals surface area (Å²) in [5.74, 6) is -1.68. The molecule has 8 heteroatoms. The van der Waals surface area contributed by atoms with Crippen molar-refractivity contribution < 1.29 is 28.2 Å². The number of fused-ring (bicyclic) bond motifs is 1. The molecule has 1 aliphatic rings. The number of methoxy groups -OCH3 is 1. The number of nitrogens with one attached hydrogen (secondary N) is 1. The summed E-state index contributed by atoms with van der Waals surface area (Å²) < 4.78 is 31.1. The highest BCUT2D eigenvalue weighted by molar-refractivity contribution is 9.10. The van der Waals surface area contributed by atoms with E-state index in [9.17, 15) is 14.0 Å². The lowest BCUT2D eigenvalue weighted by molar-refractivity contribution is 0.0507. The molecule has 0 unspecified atom stereocenters. The number of carbonyl (C=O) groups is 2. The second-order valence-electron chi connectivity index (χ2n) is 9.68. The predicted octanol–water partition coefficient (Wildman–Crippen LogP) is 6.35. The van der Waals surface area contributed by atoms with E-state index in [0.29, 0.717) is 11.4 Å². The fraction of sp³-hybridized carbons (Fsp3) is 0.462. The van der Waals surface area contributed by atoms with E-state index in [1.807, 2.05) is 6.07 Å². The van der Waals surface area contributed by atoms with Crippen molar-refractivity contribution in [1.29, 1.82) is 0 Å². The minimum atomic E-state index is -0.823. The van der Waals surface area contributed by atoms with Gasteiger partial charge in [0.2, 0.25) is 0 Å². The van der Waals surface area contributed by atoms with E-state index in [1.165, 1.54) is 19.2 Å². The topological polar surface area (TPSA) is 73.9 Å². The Morgan fingerprint density at radius 3 is 2.41 bits per heavy atom. The van der Waals surface area contributed by atoms with Crippen LogP contribution in [0.3, 0.4) is 0 Å². The number of hydrogen-bond donors (Lipinski definition) is 1. The molecule has 1 N–H and O–H groups in total. The van der Waals surface area contributed by atoms with Crippen LogP contribution in [0, 0.1) is 5.82 Å². The third-order valence-electron chi connectivity index (χ3n) is 6.30. The molecule has 0 aliphatic heterocycles. The summed E-state index contributed by atoms with van der Waals surface area (Å²) in [6.45, 7) is 10.5. The fourth-order valence-electron chi connectivity index (χ4n) is 4.29. The summed E-state index contributed by atoms with van der Waals surface area (Å²) in [5, 5.41) is 2.86. The number of carbonyl (C=O) groups excluding carboxylic acids is 2. The van der Waals surface area contributed by atoms with E-state index in [2.05, 4.69) is 48.9 Å². The van der Waals surface area contributed by atoms with Gasteiger partial charge in [0.15, 0.2) is 12.5 Å². The van der Waals surface area contributed by atoms with Crippen LogP contribution < -0.4 is 10.1 Å². The molecule has 184 valence electrons. The Hall–Kier alpha value is -2.45. The highest BCUT2D eigenvalue weighted by Crippen LogP contribution is 2.53. The molecule has 0 radical (unpaired) electrons. The van der Waals surface area contributed by atoms with Gasteiger partial charge in [-0.15, -0.1) is 0 Å². The van der Waals surface area contributed by atoms with Crippen LogP contribution in [-0.2, 0) is 20.3 Å². The standard InChI is InChI=1S/C26H31BrFNO5/c1-7-33-24(31)16-9-8-15(12-18(16)28)23(30)29-19-13-17-20(21(27)22(19)34-14-32-6)26(4,5)11-10-25(17,2)3/h8-9,12-13H,7,10-11,14H2,1-6H3,(H,29,30). The van der Waals surface area contributed by atoms with Crippen LogP contribution in [0.1, 0.15) is 79.3 Å². The average molecular weight is 536 g/mol. The van der Waals surface area contributed by atoms with Crippen LogP contribution in [-0.4, -0.2) is 32.4 Å². The Morgan fingerprint density at radius 1 is 1.12 bits per heavy atom. The van der Waals surface area contributed by atoms with Crippen LogP contribution in [0.5, 0.6) is 5.75 Å². The number of halogens is 2. The van der Waals surface area contributed by atoms with E-state index >= 15 is 0 Å². The van der Waals surface area contributed by atoms with Crippen LogP contribution in [0.4, 0.5) is 10.1 Å². The summed E-state index contributed by atoms with van der Waals surface area (Å²) in [5.41, 5.74) is 2.34. The van der Waals surface area contributed by atoms with Crippen molar-refractivity contribution in [1.82, 2.24) is 0 Å². The number of benzene rings is 2. The van der Waals surface area contributed by atoms with Gasteiger partial charge < -0.3 is 19.5 Å². The lowest BCUT2D eigenvalue weighted by Crippen LogP contribution is -2.34. The quantitative estimate of drug-likeness (QED) is 0.330. The SMILES string of the molecule is CCOC(=O)c1ccc(C(=O)Nc2cc3c(c(Br)c2OCOC)C(C)(C)CCC3(C)C)cc1F. The first-order valence-electron chi connectivity index (χ1n) is 11.2. The largest absolute Gasteiger partial charge is 0.464 e. The Morgan fingerprint density at radius 2 is 1.79 bits per heavy atom. The van der Waals surface area contributed by atoms with Crippen molar-refractivity contribution in [3.63, 3.8) is 0 Å². The lowest BCUT2D eigenvalue weighted by atomic mass is 9.63. The molecule has 0 saturated heterocycles. The first-order valence-corrected chi connectivity index (χ1v) is 12.0. The average Bonchev–Trinajstić information content (AvgIpc) is 2.76. The van der Waals surface area contributed by atoms with Gasteiger partial charge in [-0.05, 0) is 81.9 Å². The zero-order valence-corrected chi connectivity index (χ0v) is 22.0. The Labute approximate surface area is 208 Å². The highest BCUT2D eigenvalue weighted by atomic mass is 79.9. The number of amides is 1. The first-order chi connectivity index (χ1) is 15.9. The Bertz CT molecular complexity index is 1110. The molecule has 0 spiro atoms. The van der Waals surface area contributed by atoms with Gasteiger partial charge in [0.25, 0.3) is 5.91 Å². The second-order valence-corrected chi connectivity index (χ2v) is 10.5. The van der Waals surface area contributed by atoms with Gasteiger partial charge >= 0.3 is 5.97 Å². The third-order valence-corrected chi connectivity index (χ3v) is 7.05. The maximum Gasteiger partial charge on any atom is 0.341 e. The van der Waals surface area contributed by atoms with Gasteiger partial charge in [-0.3, -0.25) is 4.79 Å². The van der Waals surface area contributed by atoms with E-state index in [-0.39, 0.29) is 35.4 Å². The molecule has 0 aromatic heterocycles. The number of ether oxygens (including phenoxy) is 3. The molecule has 0 fully saturated rings. The predicted molar refractivity (Wildman–Crippen MR) is 132 cm³/mol. The van der Waals surface area contributed by atoms with Crippen molar-refractivity contribution in [3.05, 3.63) is 56.8 Å². The molecule has 6 nitrogen and oxygen atoms in total. The number of hydrogen-bond acceptors (Lipinski definition) is 5. The number of rotatable bonds is 7. The monoisotopic (exact) mass is 535 g/mol. The van der Waals surface area contributed by atoms with Crippen LogP contribution in [0.25, 0.3) is 0 Å². The molecule has 1 aliphatic carbocycles. The van der Waals surface area contributed by atoms with E-state index in [4.69, 9.17) is 14.2 Å². The van der Waals surface area contributed by atoms with Crippen molar-refractivity contribution in [2.45, 2.75) is 58.3 Å².